The van der Waals surface area contributed by atoms with Crippen molar-refractivity contribution in [3.63, 3.8) is 0 Å². The van der Waals surface area contributed by atoms with Gasteiger partial charge in [0.15, 0.2) is 0 Å². The number of carboxylic acid groups (broad SMARTS) is 1. The highest BCUT2D eigenvalue weighted by molar-refractivity contribution is 5.67. The Morgan fingerprint density at radius 2 is 2.50 bits per heavy atom. The van der Waals surface area contributed by atoms with Crippen LogP contribution >= 0.6 is 0 Å². The van der Waals surface area contributed by atoms with Crippen molar-refractivity contribution >= 4 is 5.97 Å². The molecule has 1 atom stereocenters. The summed E-state index contributed by atoms with van der Waals surface area (Å²) in [4.78, 5) is 9.85. The van der Waals surface area contributed by atoms with Gasteiger partial charge in [0.25, 0.3) is 0 Å². The monoisotopic (exact) mass is 117 g/mol. The number of methoxy groups -OCH3 is 1. The fourth-order valence-electron chi connectivity index (χ4n) is 0.278. The van der Waals surface area contributed by atoms with Gasteiger partial charge in [-0.05, 0) is 6.92 Å². The molecule has 0 aliphatic rings. The Morgan fingerprint density at radius 1 is 2.00 bits per heavy atom. The first-order valence-corrected chi connectivity index (χ1v) is 2.24. The number of ether oxygens (including phenoxy) is 1. The Bertz CT molecular complexity index is 79.7. The van der Waals surface area contributed by atoms with E-state index in [4.69, 9.17) is 5.11 Å². The molecule has 47 valence electrons. The molecule has 0 aliphatic heterocycles. The number of carboxylic acids is 1. The highest BCUT2D eigenvalue weighted by Gasteiger charge is 2.03. The van der Waals surface area contributed by atoms with Crippen molar-refractivity contribution in [2.75, 3.05) is 7.11 Å². The molecule has 0 amide bonds. The molecule has 0 aromatic rings. The minimum absolute atomic E-state index is 0.0312. The van der Waals surface area contributed by atoms with Crippen LogP contribution in [0.1, 0.15) is 6.42 Å². The molecular weight excluding hydrogens is 108 g/mol. The summed E-state index contributed by atoms with van der Waals surface area (Å²) in [6, 6.07) is 0. The van der Waals surface area contributed by atoms with Gasteiger partial charge >= 0.3 is 5.97 Å². The summed E-state index contributed by atoms with van der Waals surface area (Å²) < 4.78 is 4.57. The molecular formula is C5H9O3. The van der Waals surface area contributed by atoms with Crippen molar-refractivity contribution in [3.05, 3.63) is 6.92 Å². The summed E-state index contributed by atoms with van der Waals surface area (Å²) >= 11 is 0. The first-order chi connectivity index (χ1) is 3.66. The second-order valence-corrected chi connectivity index (χ2v) is 1.46. The summed E-state index contributed by atoms with van der Waals surface area (Å²) in [5, 5.41) is 8.09. The Morgan fingerprint density at radius 3 is 2.62 bits per heavy atom. The van der Waals surface area contributed by atoms with E-state index in [0.717, 1.165) is 0 Å². The number of hydrogen-bond donors (Lipinski definition) is 1. The molecule has 1 unspecified atom stereocenters. The molecule has 1 radical (unpaired) electrons. The van der Waals surface area contributed by atoms with Crippen molar-refractivity contribution in [2.45, 2.75) is 12.5 Å². The molecule has 0 rings (SSSR count). The molecule has 0 spiro atoms. The van der Waals surface area contributed by atoms with Crippen LogP contribution in [-0.2, 0) is 9.53 Å². The highest BCUT2D eigenvalue weighted by Crippen LogP contribution is 1.92. The van der Waals surface area contributed by atoms with Gasteiger partial charge in [-0.2, -0.15) is 0 Å². The number of hydrogen-bond acceptors (Lipinski definition) is 2. The lowest BCUT2D eigenvalue weighted by Gasteiger charge is -2.02. The van der Waals surface area contributed by atoms with Crippen LogP contribution in [0.4, 0.5) is 0 Å². The van der Waals surface area contributed by atoms with Crippen LogP contribution in [-0.4, -0.2) is 24.3 Å². The fraction of sp³-hybridized carbons (Fsp3) is 0.600. The molecule has 1 N–H and O–H groups in total. The van der Waals surface area contributed by atoms with Crippen LogP contribution < -0.4 is 0 Å². The van der Waals surface area contributed by atoms with E-state index in [2.05, 4.69) is 11.7 Å². The van der Waals surface area contributed by atoms with E-state index in [9.17, 15) is 4.79 Å². The van der Waals surface area contributed by atoms with Gasteiger partial charge in [0, 0.05) is 7.11 Å². The van der Waals surface area contributed by atoms with Gasteiger partial charge in [-0.3, -0.25) is 4.79 Å². The second kappa shape index (κ2) is 3.43. The third kappa shape index (κ3) is 3.61. The largest absolute Gasteiger partial charge is 0.481 e. The quantitative estimate of drug-likeness (QED) is 0.578. The Labute approximate surface area is 48.3 Å². The van der Waals surface area contributed by atoms with Gasteiger partial charge in [-0.25, -0.2) is 0 Å². The summed E-state index contributed by atoms with van der Waals surface area (Å²) in [7, 11) is 1.43. The van der Waals surface area contributed by atoms with Crippen LogP contribution in [0.5, 0.6) is 0 Å². The lowest BCUT2D eigenvalue weighted by atomic mass is 10.3. The van der Waals surface area contributed by atoms with Crippen molar-refractivity contribution in [1.29, 1.82) is 0 Å². The predicted octanol–water partition coefficient (Wildman–Crippen LogP) is 0.310. The smallest absolute Gasteiger partial charge is 0.305 e. The fourth-order valence-corrected chi connectivity index (χ4v) is 0.278. The van der Waals surface area contributed by atoms with Crippen LogP contribution in [0.3, 0.4) is 0 Å². The zero-order valence-corrected chi connectivity index (χ0v) is 4.76. The normalized spacial score (nSPS) is 13.2. The van der Waals surface area contributed by atoms with E-state index in [1.54, 1.807) is 0 Å². The first-order valence-electron chi connectivity index (χ1n) is 2.24. The lowest BCUT2D eigenvalue weighted by Crippen LogP contribution is -2.11. The van der Waals surface area contributed by atoms with E-state index < -0.39 is 12.1 Å². The molecule has 8 heavy (non-hydrogen) atoms. The SMILES string of the molecule is [CH2]C(CC(=O)O)OC. The topological polar surface area (TPSA) is 46.5 Å². The highest BCUT2D eigenvalue weighted by atomic mass is 16.5. The predicted molar refractivity (Wildman–Crippen MR) is 28.4 cm³/mol. The molecule has 0 saturated heterocycles. The average molecular weight is 117 g/mol. The van der Waals surface area contributed by atoms with Crippen molar-refractivity contribution < 1.29 is 14.6 Å². The van der Waals surface area contributed by atoms with Crippen LogP contribution in [0.15, 0.2) is 0 Å². The van der Waals surface area contributed by atoms with Crippen molar-refractivity contribution in [1.82, 2.24) is 0 Å². The van der Waals surface area contributed by atoms with Crippen LogP contribution in [0.25, 0.3) is 0 Å². The van der Waals surface area contributed by atoms with Gasteiger partial charge < -0.3 is 9.84 Å². The summed E-state index contributed by atoms with van der Waals surface area (Å²) in [5.41, 5.74) is 0. The zero-order chi connectivity index (χ0) is 6.57. The minimum atomic E-state index is -0.883. The lowest BCUT2D eigenvalue weighted by molar-refractivity contribution is -0.139. The molecule has 3 heteroatoms. The van der Waals surface area contributed by atoms with E-state index in [-0.39, 0.29) is 6.42 Å². The van der Waals surface area contributed by atoms with E-state index in [0.29, 0.717) is 0 Å². The summed E-state index contributed by atoms with van der Waals surface area (Å²) in [6.45, 7) is 3.39. The molecule has 3 nitrogen and oxygen atoms in total. The van der Waals surface area contributed by atoms with E-state index in [1.165, 1.54) is 7.11 Å². The minimum Gasteiger partial charge on any atom is -0.481 e. The zero-order valence-electron chi connectivity index (χ0n) is 4.76. The maximum absolute atomic E-state index is 9.85. The third-order valence-corrected chi connectivity index (χ3v) is 0.736. The maximum atomic E-state index is 9.85. The van der Waals surface area contributed by atoms with Gasteiger partial charge in [0.1, 0.15) is 0 Å². The summed E-state index contributed by atoms with van der Waals surface area (Å²) in [5.74, 6) is -0.883. The van der Waals surface area contributed by atoms with Crippen molar-refractivity contribution in [2.24, 2.45) is 0 Å². The number of rotatable bonds is 3. The van der Waals surface area contributed by atoms with E-state index in [1.807, 2.05) is 0 Å². The van der Waals surface area contributed by atoms with Gasteiger partial charge in [0.05, 0.1) is 12.5 Å². The Balaban J connectivity index is 3.24. The molecule has 0 bridgehead atoms. The number of aliphatic carboxylic acids is 1. The standard InChI is InChI=1S/C5H9O3/c1-4(8-2)3-5(6)7/h4H,1,3H2,2H3,(H,6,7). The van der Waals surface area contributed by atoms with Crippen LogP contribution in [0.2, 0.25) is 0 Å². The molecule has 0 saturated carbocycles. The second-order valence-electron chi connectivity index (χ2n) is 1.46. The third-order valence-electron chi connectivity index (χ3n) is 0.736. The van der Waals surface area contributed by atoms with E-state index >= 15 is 0 Å². The van der Waals surface area contributed by atoms with Gasteiger partial charge in [0.2, 0.25) is 0 Å². The molecule has 0 aliphatic carbocycles. The Hall–Kier alpha value is -0.570. The van der Waals surface area contributed by atoms with Gasteiger partial charge in [-0.1, -0.05) is 0 Å². The molecule has 0 heterocycles. The Kier molecular flexibility index (Phi) is 3.19. The van der Waals surface area contributed by atoms with Crippen LogP contribution in [0, 0.1) is 6.92 Å². The van der Waals surface area contributed by atoms with Crippen molar-refractivity contribution in [3.8, 4) is 0 Å². The number of carbonyl (C=O) groups is 1. The average Bonchev–Trinajstić information content (AvgIpc) is 1.65. The first kappa shape index (κ1) is 7.43. The molecule has 0 aromatic heterocycles. The summed E-state index contributed by atoms with van der Waals surface area (Å²) in [6.07, 6.45) is -0.455. The molecule has 0 aromatic carbocycles. The molecule has 0 fully saturated rings. The maximum Gasteiger partial charge on any atom is 0.305 e. The van der Waals surface area contributed by atoms with Gasteiger partial charge in [-0.15, -0.1) is 0 Å².